The Balaban J connectivity index is 2.80. The SMILES string of the molecule is C#CCCn1cccnc1=O. The van der Waals surface area contributed by atoms with E-state index in [2.05, 4.69) is 10.9 Å². The Hall–Kier alpha value is -1.56. The first-order valence-electron chi connectivity index (χ1n) is 3.29. The van der Waals surface area contributed by atoms with Crippen LogP contribution in [0.25, 0.3) is 0 Å². The van der Waals surface area contributed by atoms with Crippen molar-refractivity contribution in [2.24, 2.45) is 0 Å². The van der Waals surface area contributed by atoms with Crippen molar-refractivity contribution in [2.75, 3.05) is 0 Å². The number of rotatable bonds is 2. The van der Waals surface area contributed by atoms with Crippen LogP contribution in [0.4, 0.5) is 0 Å². The Morgan fingerprint density at radius 2 is 2.55 bits per heavy atom. The topological polar surface area (TPSA) is 34.9 Å². The highest BCUT2D eigenvalue weighted by atomic mass is 16.1. The zero-order chi connectivity index (χ0) is 8.10. The van der Waals surface area contributed by atoms with Crippen LogP contribution in [0.2, 0.25) is 0 Å². The van der Waals surface area contributed by atoms with Gasteiger partial charge in [0.25, 0.3) is 0 Å². The molecule has 1 aromatic rings. The van der Waals surface area contributed by atoms with E-state index in [1.165, 1.54) is 10.8 Å². The lowest BCUT2D eigenvalue weighted by Crippen LogP contribution is -2.21. The van der Waals surface area contributed by atoms with Crippen LogP contribution in [-0.2, 0) is 6.54 Å². The quantitative estimate of drug-likeness (QED) is 0.564. The Kier molecular flexibility index (Phi) is 2.45. The van der Waals surface area contributed by atoms with Gasteiger partial charge in [-0.3, -0.25) is 4.57 Å². The molecule has 1 aromatic heterocycles. The molecule has 0 aliphatic heterocycles. The smallest absolute Gasteiger partial charge is 0.298 e. The normalized spacial score (nSPS) is 9.00. The number of hydrogen-bond acceptors (Lipinski definition) is 2. The van der Waals surface area contributed by atoms with E-state index in [9.17, 15) is 4.79 Å². The molecule has 3 nitrogen and oxygen atoms in total. The zero-order valence-electron chi connectivity index (χ0n) is 6.03. The van der Waals surface area contributed by atoms with E-state index in [1.54, 1.807) is 12.3 Å². The molecule has 0 atom stereocenters. The minimum Gasteiger partial charge on any atom is -0.298 e. The van der Waals surface area contributed by atoms with Crippen molar-refractivity contribution in [2.45, 2.75) is 13.0 Å². The molecule has 0 radical (unpaired) electrons. The third-order valence-corrected chi connectivity index (χ3v) is 1.28. The fourth-order valence-electron chi connectivity index (χ4n) is 0.742. The van der Waals surface area contributed by atoms with Gasteiger partial charge in [-0.2, -0.15) is 0 Å². The molecule has 0 bridgehead atoms. The highest BCUT2D eigenvalue weighted by molar-refractivity contribution is 4.86. The molecule has 0 aliphatic carbocycles. The summed E-state index contributed by atoms with van der Waals surface area (Å²) in [6.07, 6.45) is 8.74. The van der Waals surface area contributed by atoms with Crippen LogP contribution in [0.15, 0.2) is 23.3 Å². The number of aryl methyl sites for hydroxylation is 1. The second-order valence-corrected chi connectivity index (χ2v) is 2.05. The van der Waals surface area contributed by atoms with Gasteiger partial charge >= 0.3 is 5.69 Å². The first-order valence-corrected chi connectivity index (χ1v) is 3.29. The van der Waals surface area contributed by atoms with Crippen LogP contribution in [0.3, 0.4) is 0 Å². The highest BCUT2D eigenvalue weighted by Crippen LogP contribution is 1.82. The largest absolute Gasteiger partial charge is 0.347 e. The lowest BCUT2D eigenvalue weighted by Gasteiger charge is -1.98. The predicted octanol–water partition coefficient (Wildman–Crippen LogP) is 0.267. The summed E-state index contributed by atoms with van der Waals surface area (Å²) in [5.74, 6) is 2.46. The number of terminal acetylenes is 1. The summed E-state index contributed by atoms with van der Waals surface area (Å²) in [7, 11) is 0. The van der Waals surface area contributed by atoms with Crippen molar-refractivity contribution in [3.8, 4) is 12.3 Å². The van der Waals surface area contributed by atoms with E-state index < -0.39 is 0 Å². The predicted molar refractivity (Wildman–Crippen MR) is 41.9 cm³/mol. The van der Waals surface area contributed by atoms with Crippen LogP contribution in [0.5, 0.6) is 0 Å². The van der Waals surface area contributed by atoms with Gasteiger partial charge in [-0.1, -0.05) is 0 Å². The van der Waals surface area contributed by atoms with Gasteiger partial charge < -0.3 is 0 Å². The average molecular weight is 148 g/mol. The summed E-state index contributed by atoms with van der Waals surface area (Å²) >= 11 is 0. The molecule has 0 amide bonds. The first kappa shape index (κ1) is 7.55. The molecule has 1 rings (SSSR count). The maximum Gasteiger partial charge on any atom is 0.347 e. The van der Waals surface area contributed by atoms with Crippen molar-refractivity contribution in [1.29, 1.82) is 0 Å². The van der Waals surface area contributed by atoms with E-state index in [4.69, 9.17) is 6.42 Å². The van der Waals surface area contributed by atoms with Gasteiger partial charge in [-0.05, 0) is 6.07 Å². The highest BCUT2D eigenvalue weighted by Gasteiger charge is 1.90. The van der Waals surface area contributed by atoms with Crippen molar-refractivity contribution in [3.63, 3.8) is 0 Å². The van der Waals surface area contributed by atoms with E-state index in [1.807, 2.05) is 0 Å². The van der Waals surface area contributed by atoms with E-state index >= 15 is 0 Å². The summed E-state index contributed by atoms with van der Waals surface area (Å²) in [6.45, 7) is 0.545. The average Bonchev–Trinajstić information content (AvgIpc) is 2.03. The summed E-state index contributed by atoms with van der Waals surface area (Å²) in [5.41, 5.74) is -0.247. The monoisotopic (exact) mass is 148 g/mol. The van der Waals surface area contributed by atoms with Crippen molar-refractivity contribution >= 4 is 0 Å². The van der Waals surface area contributed by atoms with Gasteiger partial charge in [0, 0.05) is 25.4 Å². The van der Waals surface area contributed by atoms with Gasteiger partial charge in [-0.25, -0.2) is 9.78 Å². The second-order valence-electron chi connectivity index (χ2n) is 2.05. The Bertz CT molecular complexity index is 321. The fraction of sp³-hybridized carbons (Fsp3) is 0.250. The van der Waals surface area contributed by atoms with Crippen LogP contribution in [-0.4, -0.2) is 9.55 Å². The van der Waals surface area contributed by atoms with Gasteiger partial charge in [-0.15, -0.1) is 12.3 Å². The molecule has 3 heteroatoms. The summed E-state index contributed by atoms with van der Waals surface area (Å²) in [4.78, 5) is 14.5. The molecule has 0 saturated heterocycles. The number of hydrogen-bond donors (Lipinski definition) is 0. The third-order valence-electron chi connectivity index (χ3n) is 1.28. The lowest BCUT2D eigenvalue weighted by atomic mass is 10.4. The summed E-state index contributed by atoms with van der Waals surface area (Å²) < 4.78 is 1.49. The lowest BCUT2D eigenvalue weighted by molar-refractivity contribution is 0.666. The van der Waals surface area contributed by atoms with Crippen molar-refractivity contribution in [3.05, 3.63) is 28.9 Å². The van der Waals surface area contributed by atoms with E-state index in [0.717, 1.165) is 0 Å². The molecule has 0 saturated carbocycles. The standard InChI is InChI=1S/C8H8N2O/c1-2-3-6-10-7-4-5-9-8(10)11/h1,4-5,7H,3,6H2. The third kappa shape index (κ3) is 1.94. The number of aromatic nitrogens is 2. The van der Waals surface area contributed by atoms with Gasteiger partial charge in [0.1, 0.15) is 0 Å². The maximum atomic E-state index is 10.9. The summed E-state index contributed by atoms with van der Waals surface area (Å²) in [6, 6.07) is 1.71. The maximum absolute atomic E-state index is 10.9. The molecule has 1 heterocycles. The molecule has 0 unspecified atom stereocenters. The molecule has 56 valence electrons. The van der Waals surface area contributed by atoms with Gasteiger partial charge in [0.05, 0.1) is 0 Å². The Morgan fingerprint density at radius 3 is 3.18 bits per heavy atom. The van der Waals surface area contributed by atoms with Crippen LogP contribution < -0.4 is 5.69 Å². The molecule has 0 spiro atoms. The van der Waals surface area contributed by atoms with Gasteiger partial charge in [0.2, 0.25) is 0 Å². The Labute approximate surface area is 64.7 Å². The van der Waals surface area contributed by atoms with E-state index in [0.29, 0.717) is 13.0 Å². The first-order chi connectivity index (χ1) is 5.34. The molecular weight excluding hydrogens is 140 g/mol. The van der Waals surface area contributed by atoms with E-state index in [-0.39, 0.29) is 5.69 Å². The minimum atomic E-state index is -0.247. The molecule has 0 N–H and O–H groups in total. The van der Waals surface area contributed by atoms with Crippen molar-refractivity contribution < 1.29 is 0 Å². The fourth-order valence-corrected chi connectivity index (χ4v) is 0.742. The zero-order valence-corrected chi connectivity index (χ0v) is 6.03. The Morgan fingerprint density at radius 1 is 1.73 bits per heavy atom. The van der Waals surface area contributed by atoms with Crippen LogP contribution >= 0.6 is 0 Å². The van der Waals surface area contributed by atoms with Crippen molar-refractivity contribution in [1.82, 2.24) is 9.55 Å². The van der Waals surface area contributed by atoms with Crippen LogP contribution in [0, 0.1) is 12.3 Å². The molecular formula is C8H8N2O. The molecule has 0 aliphatic rings. The second kappa shape index (κ2) is 3.57. The molecule has 0 aromatic carbocycles. The van der Waals surface area contributed by atoms with Gasteiger partial charge in [0.15, 0.2) is 0 Å². The van der Waals surface area contributed by atoms with Crippen LogP contribution in [0.1, 0.15) is 6.42 Å². The molecule has 11 heavy (non-hydrogen) atoms. The minimum absolute atomic E-state index is 0.247. The summed E-state index contributed by atoms with van der Waals surface area (Å²) in [5, 5.41) is 0. The molecule has 0 fully saturated rings. The number of nitrogens with zero attached hydrogens (tertiary/aromatic N) is 2.